The van der Waals surface area contributed by atoms with Crippen LogP contribution in [0.5, 0.6) is 11.5 Å². The minimum atomic E-state index is 0.00744. The molecule has 1 atom stereocenters. The summed E-state index contributed by atoms with van der Waals surface area (Å²) >= 11 is 12.0. The number of rotatable bonds is 9. The van der Waals surface area contributed by atoms with Crippen molar-refractivity contribution < 1.29 is 19.2 Å². The van der Waals surface area contributed by atoms with Crippen LogP contribution < -0.4 is 19.7 Å². The summed E-state index contributed by atoms with van der Waals surface area (Å²) in [6.07, 6.45) is 0.720. The molecule has 0 aromatic heterocycles. The maximum absolute atomic E-state index is 12.2. The Morgan fingerprint density at radius 2 is 1.70 bits per heavy atom. The van der Waals surface area contributed by atoms with Gasteiger partial charge in [0.05, 0.1) is 31.3 Å². The average molecular weight is 412 g/mol. The lowest BCUT2D eigenvalue weighted by Crippen LogP contribution is -3.08. The first kappa shape index (κ1) is 21.4. The number of benzene rings is 2. The third-order valence-corrected chi connectivity index (χ3v) is 4.88. The standard InChI is InChI=1S/C20H24Cl2N2O3/c1-24(12-15-4-6-16(21)17(22)10-15)13-20(25)23-9-8-14-5-7-18(26-2)19(11-14)27-3/h4-7,10-11H,8-9,12-13H2,1-3H3,(H,23,25)/p+1. The number of quaternary nitrogens is 1. The fourth-order valence-electron chi connectivity index (χ4n) is 2.78. The minimum Gasteiger partial charge on any atom is -0.493 e. The Morgan fingerprint density at radius 1 is 1.00 bits per heavy atom. The first-order valence-electron chi connectivity index (χ1n) is 8.65. The SMILES string of the molecule is COc1ccc(CCNC(=O)C[NH+](C)Cc2ccc(Cl)c(Cl)c2)cc1OC. The van der Waals surface area contributed by atoms with Gasteiger partial charge in [0.15, 0.2) is 18.0 Å². The van der Waals surface area contributed by atoms with Crippen molar-refractivity contribution in [3.05, 3.63) is 57.6 Å². The minimum absolute atomic E-state index is 0.00744. The van der Waals surface area contributed by atoms with Gasteiger partial charge in [-0.3, -0.25) is 4.79 Å². The molecule has 1 unspecified atom stereocenters. The average Bonchev–Trinajstić information content (AvgIpc) is 2.64. The molecule has 2 aromatic rings. The van der Waals surface area contributed by atoms with E-state index in [0.29, 0.717) is 41.2 Å². The number of hydrogen-bond acceptors (Lipinski definition) is 3. The second kappa shape index (κ2) is 10.4. The number of carbonyl (C=O) groups excluding carboxylic acids is 1. The molecule has 0 saturated carbocycles. The number of carbonyl (C=O) groups is 1. The second-order valence-electron chi connectivity index (χ2n) is 6.35. The fourth-order valence-corrected chi connectivity index (χ4v) is 3.10. The van der Waals surface area contributed by atoms with Crippen LogP contribution in [-0.2, 0) is 17.8 Å². The quantitative estimate of drug-likeness (QED) is 0.665. The molecule has 0 aliphatic heterocycles. The maximum atomic E-state index is 12.2. The van der Waals surface area contributed by atoms with Crippen LogP contribution in [0.25, 0.3) is 0 Å². The van der Waals surface area contributed by atoms with Gasteiger partial charge < -0.3 is 19.7 Å². The molecule has 5 nitrogen and oxygen atoms in total. The summed E-state index contributed by atoms with van der Waals surface area (Å²) in [6, 6.07) is 11.3. The number of halogens is 2. The van der Waals surface area contributed by atoms with E-state index in [4.69, 9.17) is 32.7 Å². The third kappa shape index (κ3) is 6.61. The van der Waals surface area contributed by atoms with Crippen LogP contribution in [0.1, 0.15) is 11.1 Å². The molecule has 0 heterocycles. The van der Waals surface area contributed by atoms with Gasteiger partial charge in [-0.25, -0.2) is 0 Å². The van der Waals surface area contributed by atoms with Gasteiger partial charge in [0, 0.05) is 12.1 Å². The zero-order valence-electron chi connectivity index (χ0n) is 15.8. The van der Waals surface area contributed by atoms with Crippen molar-refractivity contribution in [1.82, 2.24) is 5.32 Å². The second-order valence-corrected chi connectivity index (χ2v) is 7.16. The van der Waals surface area contributed by atoms with Crippen molar-refractivity contribution in [1.29, 1.82) is 0 Å². The van der Waals surface area contributed by atoms with Crippen LogP contribution >= 0.6 is 23.2 Å². The van der Waals surface area contributed by atoms with Crippen molar-refractivity contribution in [2.45, 2.75) is 13.0 Å². The van der Waals surface area contributed by atoms with Crippen LogP contribution in [0, 0.1) is 0 Å². The fraction of sp³-hybridized carbons (Fsp3) is 0.350. The van der Waals surface area contributed by atoms with E-state index in [2.05, 4.69) is 5.32 Å². The Kier molecular flexibility index (Phi) is 8.23. The zero-order chi connectivity index (χ0) is 19.8. The van der Waals surface area contributed by atoms with E-state index in [1.807, 2.05) is 37.4 Å². The van der Waals surface area contributed by atoms with Crippen LogP contribution in [-0.4, -0.2) is 40.3 Å². The van der Waals surface area contributed by atoms with Crippen molar-refractivity contribution in [2.75, 3.05) is 34.4 Å². The highest BCUT2D eigenvalue weighted by atomic mass is 35.5. The van der Waals surface area contributed by atoms with E-state index in [9.17, 15) is 4.79 Å². The number of nitrogens with one attached hydrogen (secondary N) is 2. The molecule has 146 valence electrons. The number of ether oxygens (including phenoxy) is 2. The molecule has 0 radical (unpaired) electrons. The van der Waals surface area contributed by atoms with Crippen molar-refractivity contribution in [2.24, 2.45) is 0 Å². The predicted octanol–water partition coefficient (Wildman–Crippen LogP) is 2.38. The summed E-state index contributed by atoms with van der Waals surface area (Å²) in [5.74, 6) is 1.39. The first-order chi connectivity index (χ1) is 12.9. The molecule has 1 amide bonds. The van der Waals surface area contributed by atoms with E-state index in [0.717, 1.165) is 22.4 Å². The smallest absolute Gasteiger partial charge is 0.275 e. The molecule has 0 spiro atoms. The summed E-state index contributed by atoms with van der Waals surface area (Å²) in [7, 11) is 5.18. The molecule has 2 N–H and O–H groups in total. The largest absolute Gasteiger partial charge is 0.493 e. The molecule has 0 saturated heterocycles. The molecule has 7 heteroatoms. The van der Waals surface area contributed by atoms with Gasteiger partial charge in [-0.05, 0) is 36.2 Å². The van der Waals surface area contributed by atoms with E-state index in [1.165, 1.54) is 0 Å². The number of likely N-dealkylation sites (N-methyl/N-ethyl adjacent to an activating group) is 1. The van der Waals surface area contributed by atoms with Gasteiger partial charge in [-0.15, -0.1) is 0 Å². The van der Waals surface area contributed by atoms with Gasteiger partial charge in [-0.1, -0.05) is 35.3 Å². The molecule has 0 aliphatic carbocycles. The number of amides is 1. The van der Waals surface area contributed by atoms with Crippen LogP contribution in [0.15, 0.2) is 36.4 Å². The molecular weight excluding hydrogens is 387 g/mol. The van der Waals surface area contributed by atoms with Gasteiger partial charge in [0.2, 0.25) is 0 Å². The van der Waals surface area contributed by atoms with Gasteiger partial charge in [0.1, 0.15) is 6.54 Å². The highest BCUT2D eigenvalue weighted by Crippen LogP contribution is 2.27. The van der Waals surface area contributed by atoms with Gasteiger partial charge in [-0.2, -0.15) is 0 Å². The number of methoxy groups -OCH3 is 2. The summed E-state index contributed by atoms with van der Waals surface area (Å²) in [5.41, 5.74) is 2.12. The molecule has 27 heavy (non-hydrogen) atoms. The van der Waals surface area contributed by atoms with E-state index >= 15 is 0 Å². The van der Waals surface area contributed by atoms with Crippen LogP contribution in [0.4, 0.5) is 0 Å². The molecule has 0 fully saturated rings. The maximum Gasteiger partial charge on any atom is 0.275 e. The van der Waals surface area contributed by atoms with Crippen molar-refractivity contribution in [3.8, 4) is 11.5 Å². The van der Waals surface area contributed by atoms with Crippen LogP contribution in [0.2, 0.25) is 10.0 Å². The van der Waals surface area contributed by atoms with E-state index in [-0.39, 0.29) is 5.91 Å². The lowest BCUT2D eigenvalue weighted by Gasteiger charge is -2.14. The van der Waals surface area contributed by atoms with E-state index in [1.54, 1.807) is 20.3 Å². The number of hydrogen-bond donors (Lipinski definition) is 2. The van der Waals surface area contributed by atoms with Crippen molar-refractivity contribution >= 4 is 29.1 Å². The zero-order valence-corrected chi connectivity index (χ0v) is 17.3. The summed E-state index contributed by atoms with van der Waals surface area (Å²) in [6.45, 7) is 1.64. The topological polar surface area (TPSA) is 52.0 Å². The van der Waals surface area contributed by atoms with Crippen molar-refractivity contribution in [3.63, 3.8) is 0 Å². The summed E-state index contributed by atoms with van der Waals surface area (Å²) in [5, 5.41) is 4.02. The Hall–Kier alpha value is -1.95. The Morgan fingerprint density at radius 3 is 2.37 bits per heavy atom. The Bertz CT molecular complexity index is 784. The normalized spacial score (nSPS) is 11.7. The third-order valence-electron chi connectivity index (χ3n) is 4.14. The summed E-state index contributed by atoms with van der Waals surface area (Å²) in [4.78, 5) is 13.2. The van der Waals surface area contributed by atoms with Crippen LogP contribution in [0.3, 0.4) is 0 Å². The highest BCUT2D eigenvalue weighted by molar-refractivity contribution is 6.42. The Balaban J connectivity index is 1.77. The molecule has 2 aromatic carbocycles. The van der Waals surface area contributed by atoms with E-state index < -0.39 is 0 Å². The molecular formula is C20H25Cl2N2O3+. The monoisotopic (exact) mass is 411 g/mol. The van der Waals surface area contributed by atoms with Gasteiger partial charge in [0.25, 0.3) is 5.91 Å². The first-order valence-corrected chi connectivity index (χ1v) is 9.41. The molecule has 0 bridgehead atoms. The molecule has 0 aliphatic rings. The lowest BCUT2D eigenvalue weighted by molar-refractivity contribution is -0.885. The Labute approximate surface area is 170 Å². The van der Waals surface area contributed by atoms with Gasteiger partial charge >= 0.3 is 0 Å². The summed E-state index contributed by atoms with van der Waals surface area (Å²) < 4.78 is 10.5. The predicted molar refractivity (Wildman–Crippen MR) is 108 cm³/mol. The highest BCUT2D eigenvalue weighted by Gasteiger charge is 2.11. The molecule has 2 rings (SSSR count). The lowest BCUT2D eigenvalue weighted by atomic mass is 10.1.